The summed E-state index contributed by atoms with van der Waals surface area (Å²) in [6.45, 7) is 8.76. The molecule has 140 valence electrons. The lowest BCUT2D eigenvalue weighted by atomic mass is 10.1. The van der Waals surface area contributed by atoms with Crippen molar-refractivity contribution in [1.29, 1.82) is 0 Å². The predicted octanol–water partition coefficient (Wildman–Crippen LogP) is 2.80. The normalized spacial score (nSPS) is 19.8. The smallest absolute Gasteiger partial charge is 0.191 e. The number of hydrogen-bond donors (Lipinski definition) is 2. The van der Waals surface area contributed by atoms with E-state index in [4.69, 9.17) is 9.73 Å². The molecule has 1 heterocycles. The van der Waals surface area contributed by atoms with Crippen LogP contribution in [0.1, 0.15) is 44.8 Å². The average Bonchev–Trinajstić information content (AvgIpc) is 3.04. The van der Waals surface area contributed by atoms with Crippen LogP contribution in [0.15, 0.2) is 35.3 Å². The van der Waals surface area contributed by atoms with Crippen LogP contribution in [0.5, 0.6) is 0 Å². The Balaban J connectivity index is 1.65. The van der Waals surface area contributed by atoms with Crippen LogP contribution in [-0.4, -0.2) is 56.7 Å². The largest absolute Gasteiger partial charge is 0.374 e. The van der Waals surface area contributed by atoms with Crippen molar-refractivity contribution in [3.8, 4) is 0 Å². The van der Waals surface area contributed by atoms with Crippen molar-refractivity contribution < 1.29 is 4.74 Å². The predicted molar refractivity (Wildman–Crippen MR) is 105 cm³/mol. The first kappa shape index (κ1) is 19.7. The van der Waals surface area contributed by atoms with Crippen LogP contribution in [0.25, 0.3) is 0 Å². The van der Waals surface area contributed by atoms with Crippen molar-refractivity contribution in [3.05, 3.63) is 35.9 Å². The number of likely N-dealkylation sites (tertiary alicyclic amines) is 1. The first-order valence-electron chi connectivity index (χ1n) is 9.59. The van der Waals surface area contributed by atoms with Crippen molar-refractivity contribution in [2.45, 2.75) is 45.3 Å². The van der Waals surface area contributed by atoms with Crippen LogP contribution in [-0.2, 0) is 4.74 Å². The number of likely N-dealkylation sites (N-methyl/N-ethyl adjacent to an activating group) is 1. The minimum atomic E-state index is 0.140. The fraction of sp³-hybridized carbons (Fsp3) is 0.650. The number of aliphatic imine (C=N–C) groups is 1. The highest BCUT2D eigenvalue weighted by Gasteiger charge is 2.20. The third-order valence-corrected chi connectivity index (χ3v) is 4.73. The van der Waals surface area contributed by atoms with Crippen molar-refractivity contribution in [2.24, 2.45) is 4.99 Å². The molecule has 2 unspecified atom stereocenters. The maximum absolute atomic E-state index is 5.92. The van der Waals surface area contributed by atoms with Gasteiger partial charge in [0.15, 0.2) is 5.96 Å². The summed E-state index contributed by atoms with van der Waals surface area (Å²) < 4.78 is 5.92. The van der Waals surface area contributed by atoms with Crippen LogP contribution in [0, 0.1) is 0 Å². The lowest BCUT2D eigenvalue weighted by Crippen LogP contribution is -2.39. The van der Waals surface area contributed by atoms with E-state index in [-0.39, 0.29) is 6.10 Å². The Morgan fingerprint density at radius 2 is 2.12 bits per heavy atom. The molecule has 0 saturated carbocycles. The summed E-state index contributed by atoms with van der Waals surface area (Å²) in [5.41, 5.74) is 1.23. The fourth-order valence-corrected chi connectivity index (χ4v) is 3.11. The van der Waals surface area contributed by atoms with E-state index in [0.29, 0.717) is 6.04 Å². The van der Waals surface area contributed by atoms with Gasteiger partial charge in [-0.2, -0.15) is 0 Å². The summed E-state index contributed by atoms with van der Waals surface area (Å²) in [5, 5.41) is 6.74. The number of rotatable bonds is 9. The summed E-state index contributed by atoms with van der Waals surface area (Å²) in [4.78, 5) is 7.15. The third kappa shape index (κ3) is 7.04. The van der Waals surface area contributed by atoms with Gasteiger partial charge in [-0.15, -0.1) is 0 Å². The Bertz CT molecular complexity index is 506. The van der Waals surface area contributed by atoms with Crippen LogP contribution in [0.2, 0.25) is 0 Å². The molecule has 0 aromatic heterocycles. The number of nitrogens with one attached hydrogen (secondary N) is 2. The van der Waals surface area contributed by atoms with E-state index in [1.165, 1.54) is 24.9 Å². The summed E-state index contributed by atoms with van der Waals surface area (Å²) in [6.07, 6.45) is 3.65. The molecule has 1 saturated heterocycles. The zero-order valence-electron chi connectivity index (χ0n) is 16.0. The van der Waals surface area contributed by atoms with Crippen LogP contribution in [0.3, 0.4) is 0 Å². The molecule has 1 aliphatic rings. The van der Waals surface area contributed by atoms with E-state index in [9.17, 15) is 0 Å². The van der Waals surface area contributed by atoms with Crippen LogP contribution >= 0.6 is 0 Å². The molecule has 2 N–H and O–H groups in total. The van der Waals surface area contributed by atoms with Gasteiger partial charge in [0.2, 0.25) is 0 Å². The van der Waals surface area contributed by atoms with Gasteiger partial charge in [0.1, 0.15) is 0 Å². The van der Waals surface area contributed by atoms with Crippen molar-refractivity contribution in [3.63, 3.8) is 0 Å². The highest BCUT2D eigenvalue weighted by atomic mass is 16.5. The van der Waals surface area contributed by atoms with Gasteiger partial charge in [0, 0.05) is 25.7 Å². The number of hydrogen-bond acceptors (Lipinski definition) is 3. The molecule has 0 amide bonds. The molecule has 5 heteroatoms. The molecule has 0 aliphatic carbocycles. The zero-order valence-corrected chi connectivity index (χ0v) is 16.0. The Morgan fingerprint density at radius 3 is 2.80 bits per heavy atom. The topological polar surface area (TPSA) is 48.9 Å². The van der Waals surface area contributed by atoms with Gasteiger partial charge in [-0.1, -0.05) is 30.3 Å². The second-order valence-corrected chi connectivity index (χ2v) is 6.70. The fourth-order valence-electron chi connectivity index (χ4n) is 3.11. The Morgan fingerprint density at radius 1 is 1.32 bits per heavy atom. The molecule has 1 aromatic rings. The minimum Gasteiger partial charge on any atom is -0.374 e. The van der Waals surface area contributed by atoms with Crippen molar-refractivity contribution in [1.82, 2.24) is 15.5 Å². The highest BCUT2D eigenvalue weighted by molar-refractivity contribution is 5.79. The maximum Gasteiger partial charge on any atom is 0.191 e. The molecule has 25 heavy (non-hydrogen) atoms. The number of benzene rings is 1. The van der Waals surface area contributed by atoms with Crippen LogP contribution in [0.4, 0.5) is 0 Å². The van der Waals surface area contributed by atoms with Crippen molar-refractivity contribution in [2.75, 3.05) is 39.8 Å². The van der Waals surface area contributed by atoms with Crippen LogP contribution < -0.4 is 10.6 Å². The number of nitrogens with zero attached hydrogens (tertiary/aromatic N) is 2. The molecule has 1 fully saturated rings. The molecule has 0 radical (unpaired) electrons. The second kappa shape index (κ2) is 11.1. The SMILES string of the molecule is CCNC(=NCC1CCCN1C)NCCCOC(C)c1ccccc1. The van der Waals surface area contributed by atoms with E-state index >= 15 is 0 Å². The zero-order chi connectivity index (χ0) is 17.9. The minimum absolute atomic E-state index is 0.140. The molecule has 1 aliphatic heterocycles. The summed E-state index contributed by atoms with van der Waals surface area (Å²) in [5.74, 6) is 0.916. The van der Waals surface area contributed by atoms with Gasteiger partial charge in [0.05, 0.1) is 12.6 Å². The van der Waals surface area contributed by atoms with E-state index in [1.807, 2.05) is 6.07 Å². The van der Waals surface area contributed by atoms with E-state index in [0.717, 1.165) is 38.6 Å². The first-order chi connectivity index (χ1) is 12.2. The molecule has 0 bridgehead atoms. The van der Waals surface area contributed by atoms with Crippen molar-refractivity contribution >= 4 is 5.96 Å². The summed E-state index contributed by atoms with van der Waals surface area (Å²) in [7, 11) is 2.19. The molecule has 5 nitrogen and oxygen atoms in total. The van der Waals surface area contributed by atoms with E-state index in [1.54, 1.807) is 0 Å². The summed E-state index contributed by atoms with van der Waals surface area (Å²) in [6, 6.07) is 10.9. The van der Waals surface area contributed by atoms with E-state index in [2.05, 4.69) is 60.7 Å². The van der Waals surface area contributed by atoms with Gasteiger partial charge in [-0.3, -0.25) is 4.99 Å². The second-order valence-electron chi connectivity index (χ2n) is 6.70. The lowest BCUT2D eigenvalue weighted by Gasteiger charge is -2.18. The monoisotopic (exact) mass is 346 g/mol. The maximum atomic E-state index is 5.92. The quantitative estimate of drug-likeness (QED) is 0.410. The number of ether oxygens (including phenoxy) is 1. The molecule has 2 atom stereocenters. The Labute approximate surface area is 152 Å². The third-order valence-electron chi connectivity index (χ3n) is 4.73. The molecular weight excluding hydrogens is 312 g/mol. The van der Waals surface area contributed by atoms with Gasteiger partial charge in [0.25, 0.3) is 0 Å². The van der Waals surface area contributed by atoms with Gasteiger partial charge in [-0.25, -0.2) is 0 Å². The highest BCUT2D eigenvalue weighted by Crippen LogP contribution is 2.16. The van der Waals surface area contributed by atoms with Gasteiger partial charge in [-0.05, 0) is 52.3 Å². The Kier molecular flexibility index (Phi) is 8.77. The molecule has 2 rings (SSSR count). The molecular formula is C20H34N4O. The number of guanidine groups is 1. The average molecular weight is 347 g/mol. The lowest BCUT2D eigenvalue weighted by molar-refractivity contribution is 0.0646. The molecule has 0 spiro atoms. The van der Waals surface area contributed by atoms with E-state index < -0.39 is 0 Å². The first-order valence-corrected chi connectivity index (χ1v) is 9.59. The Hall–Kier alpha value is -1.59. The van der Waals surface area contributed by atoms with Gasteiger partial charge < -0.3 is 20.3 Å². The molecule has 1 aromatic carbocycles. The van der Waals surface area contributed by atoms with Gasteiger partial charge >= 0.3 is 0 Å². The standard InChI is InChI=1S/C20H34N4O/c1-4-21-20(23-16-19-12-8-14-24(19)3)22-13-9-15-25-17(2)18-10-6-5-7-11-18/h5-7,10-11,17,19H,4,8-9,12-16H2,1-3H3,(H2,21,22,23). The summed E-state index contributed by atoms with van der Waals surface area (Å²) >= 11 is 0.